The number of hydrogen-bond donors (Lipinski definition) is 0. The molecule has 1 unspecified atom stereocenters. The normalized spacial score (nSPS) is 15.6. The molecule has 0 spiro atoms. The maximum Gasteiger partial charge on any atom is 0.0644 e. The number of unbranched alkanes of at least 4 members (excludes halogenated alkanes) is 18. The highest BCUT2D eigenvalue weighted by Gasteiger charge is 2.22. The van der Waals surface area contributed by atoms with E-state index < -0.39 is 0 Å². The van der Waals surface area contributed by atoms with E-state index in [0.29, 0.717) is 6.04 Å². The molecule has 1 aliphatic heterocycles. The summed E-state index contributed by atoms with van der Waals surface area (Å²) in [6.07, 6.45) is 52.3. The molecule has 1 heterocycles. The van der Waals surface area contributed by atoms with Gasteiger partial charge in [-0.15, -0.1) is 0 Å². The summed E-state index contributed by atoms with van der Waals surface area (Å²) in [6.45, 7) is 11.5. The van der Waals surface area contributed by atoms with Crippen molar-refractivity contribution in [3.63, 3.8) is 0 Å². The lowest BCUT2D eigenvalue weighted by molar-refractivity contribution is 0.00436. The van der Waals surface area contributed by atoms with Gasteiger partial charge in [0, 0.05) is 19.8 Å². The Bertz CT molecular complexity index is 761. The first kappa shape index (κ1) is 47.8. The van der Waals surface area contributed by atoms with Crippen LogP contribution in [0.2, 0.25) is 0 Å². The molecule has 1 aliphatic rings. The van der Waals surface area contributed by atoms with Crippen molar-refractivity contribution >= 4 is 0 Å². The van der Waals surface area contributed by atoms with Gasteiger partial charge in [-0.1, -0.05) is 140 Å². The summed E-state index contributed by atoms with van der Waals surface area (Å²) in [5.41, 5.74) is 0. The zero-order valence-electron chi connectivity index (χ0n) is 34.8. The van der Waals surface area contributed by atoms with Gasteiger partial charge in [0.1, 0.15) is 0 Å². The van der Waals surface area contributed by atoms with Crippen LogP contribution >= 0.6 is 0 Å². The van der Waals surface area contributed by atoms with Crippen molar-refractivity contribution in [3.05, 3.63) is 48.6 Å². The molecule has 298 valence electrons. The van der Waals surface area contributed by atoms with Crippen LogP contribution < -0.4 is 0 Å². The van der Waals surface area contributed by atoms with Crippen molar-refractivity contribution in [2.75, 3.05) is 60.2 Å². The smallest absolute Gasteiger partial charge is 0.0644 e. The minimum absolute atomic E-state index is 0.360. The van der Waals surface area contributed by atoms with Gasteiger partial charge in [-0.25, -0.2) is 0 Å². The largest absolute Gasteiger partial charge is 0.380 e. The third-order valence-electron chi connectivity index (χ3n) is 10.6. The topological polar surface area (TPSA) is 24.9 Å². The second-order valence-corrected chi connectivity index (χ2v) is 15.7. The molecule has 0 aromatic rings. The fourth-order valence-electron chi connectivity index (χ4n) is 6.93. The number of hydrogen-bond acceptors (Lipinski definition) is 4. The van der Waals surface area contributed by atoms with E-state index in [1.54, 1.807) is 0 Å². The molecule has 0 saturated carbocycles. The SMILES string of the molecule is CCCCC/C=C\C/C=C\CCCCCCCCOCC(COCCCCCCCC/C=C/C/C=C/CCCCC)N(C)CC1CCN(C)CC1. The van der Waals surface area contributed by atoms with E-state index in [4.69, 9.17) is 9.47 Å². The molecule has 0 radical (unpaired) electrons. The quantitative estimate of drug-likeness (QED) is 0.0473. The highest BCUT2D eigenvalue weighted by molar-refractivity contribution is 4.93. The lowest BCUT2D eigenvalue weighted by Crippen LogP contribution is -2.44. The zero-order valence-corrected chi connectivity index (χ0v) is 34.8. The molecule has 51 heavy (non-hydrogen) atoms. The molecular formula is C47H88N2O2. The number of ether oxygens (including phenoxy) is 2. The van der Waals surface area contributed by atoms with Gasteiger partial charge in [0.05, 0.1) is 19.3 Å². The summed E-state index contributed by atoms with van der Waals surface area (Å²) in [5.74, 6) is 0.800. The van der Waals surface area contributed by atoms with Crippen LogP contribution in [0.1, 0.15) is 181 Å². The van der Waals surface area contributed by atoms with Crippen molar-refractivity contribution in [2.45, 2.75) is 187 Å². The van der Waals surface area contributed by atoms with Gasteiger partial charge >= 0.3 is 0 Å². The van der Waals surface area contributed by atoms with E-state index in [1.165, 1.54) is 174 Å². The molecule has 1 saturated heterocycles. The molecular weight excluding hydrogens is 625 g/mol. The number of rotatable bonds is 37. The van der Waals surface area contributed by atoms with Crippen LogP contribution in [0.5, 0.6) is 0 Å². The Morgan fingerprint density at radius 3 is 1.31 bits per heavy atom. The van der Waals surface area contributed by atoms with E-state index in [-0.39, 0.29) is 0 Å². The Morgan fingerprint density at radius 2 is 0.902 bits per heavy atom. The second kappa shape index (κ2) is 38.5. The van der Waals surface area contributed by atoms with Gasteiger partial charge in [-0.2, -0.15) is 0 Å². The van der Waals surface area contributed by atoms with Gasteiger partial charge in [-0.3, -0.25) is 4.90 Å². The van der Waals surface area contributed by atoms with E-state index in [0.717, 1.165) is 45.2 Å². The first-order valence-corrected chi connectivity index (χ1v) is 22.3. The molecule has 0 amide bonds. The third-order valence-corrected chi connectivity index (χ3v) is 10.6. The molecule has 0 N–H and O–H groups in total. The summed E-state index contributed by atoms with van der Waals surface area (Å²) in [4.78, 5) is 5.02. The molecule has 0 aromatic carbocycles. The Hall–Kier alpha value is -1.20. The standard InChI is InChI=1S/C47H88N2O2/c1-5-7-9-11-13-15-17-19-21-23-25-27-29-31-33-35-41-50-44-47(49(4)43-46-37-39-48(3)40-38-46)45-51-42-36-34-32-30-28-26-24-22-20-18-16-14-12-10-8-6-2/h13-16,19-22,46-47H,5-12,17-18,23-45H2,1-4H3/b15-13-,16-14+,21-19-,22-20+. The first-order valence-electron chi connectivity index (χ1n) is 22.3. The van der Waals surface area contributed by atoms with Crippen molar-refractivity contribution in [1.82, 2.24) is 9.80 Å². The average Bonchev–Trinajstić information content (AvgIpc) is 3.13. The summed E-state index contributed by atoms with van der Waals surface area (Å²) in [5, 5.41) is 0. The first-order chi connectivity index (χ1) is 25.2. The van der Waals surface area contributed by atoms with Crippen LogP contribution in [0.4, 0.5) is 0 Å². The fourth-order valence-corrected chi connectivity index (χ4v) is 6.93. The van der Waals surface area contributed by atoms with Gasteiger partial charge in [0.25, 0.3) is 0 Å². The fraction of sp³-hybridized carbons (Fsp3) is 0.830. The summed E-state index contributed by atoms with van der Waals surface area (Å²) in [6, 6.07) is 0.360. The van der Waals surface area contributed by atoms with Crippen LogP contribution in [0.15, 0.2) is 48.6 Å². The lowest BCUT2D eigenvalue weighted by atomic mass is 9.96. The third kappa shape index (κ3) is 33.1. The Kier molecular flexibility index (Phi) is 36.1. The van der Waals surface area contributed by atoms with Crippen LogP contribution in [0.25, 0.3) is 0 Å². The summed E-state index contributed by atoms with van der Waals surface area (Å²) in [7, 11) is 4.56. The van der Waals surface area contributed by atoms with Crippen molar-refractivity contribution in [1.29, 1.82) is 0 Å². The van der Waals surface area contributed by atoms with E-state index >= 15 is 0 Å². The van der Waals surface area contributed by atoms with E-state index in [9.17, 15) is 0 Å². The van der Waals surface area contributed by atoms with Crippen LogP contribution in [0.3, 0.4) is 0 Å². The number of likely N-dealkylation sites (tertiary alicyclic amines) is 1. The number of likely N-dealkylation sites (N-methyl/N-ethyl adjacent to an activating group) is 1. The van der Waals surface area contributed by atoms with E-state index in [1.807, 2.05) is 0 Å². The Morgan fingerprint density at radius 1 is 0.529 bits per heavy atom. The van der Waals surface area contributed by atoms with E-state index in [2.05, 4.69) is 86.4 Å². The molecule has 0 aromatic heterocycles. The summed E-state index contributed by atoms with van der Waals surface area (Å²) < 4.78 is 12.6. The van der Waals surface area contributed by atoms with Crippen LogP contribution in [0, 0.1) is 5.92 Å². The van der Waals surface area contributed by atoms with Crippen LogP contribution in [-0.4, -0.2) is 76.0 Å². The number of piperidine rings is 1. The Balaban J connectivity index is 2.12. The van der Waals surface area contributed by atoms with Gasteiger partial charge in [-0.05, 0) is 123 Å². The second-order valence-electron chi connectivity index (χ2n) is 15.7. The monoisotopic (exact) mass is 713 g/mol. The predicted molar refractivity (Wildman–Crippen MR) is 227 cm³/mol. The van der Waals surface area contributed by atoms with Crippen molar-refractivity contribution in [2.24, 2.45) is 5.92 Å². The molecule has 1 rings (SSSR count). The maximum atomic E-state index is 6.28. The van der Waals surface area contributed by atoms with Crippen LogP contribution in [-0.2, 0) is 9.47 Å². The van der Waals surface area contributed by atoms with Gasteiger partial charge in [0.2, 0.25) is 0 Å². The average molecular weight is 713 g/mol. The minimum Gasteiger partial charge on any atom is -0.380 e. The molecule has 1 fully saturated rings. The predicted octanol–water partition coefficient (Wildman–Crippen LogP) is 13.3. The zero-order chi connectivity index (χ0) is 36.7. The highest BCUT2D eigenvalue weighted by Crippen LogP contribution is 2.18. The molecule has 1 atom stereocenters. The maximum absolute atomic E-state index is 6.28. The molecule has 4 nitrogen and oxygen atoms in total. The molecule has 0 aliphatic carbocycles. The minimum atomic E-state index is 0.360. The van der Waals surface area contributed by atoms with Gasteiger partial charge in [0.15, 0.2) is 0 Å². The number of nitrogens with zero attached hydrogens (tertiary/aromatic N) is 2. The lowest BCUT2D eigenvalue weighted by Gasteiger charge is -2.35. The molecule has 4 heteroatoms. The van der Waals surface area contributed by atoms with Gasteiger partial charge < -0.3 is 14.4 Å². The molecule has 0 bridgehead atoms. The Labute approximate surface area is 320 Å². The summed E-state index contributed by atoms with van der Waals surface area (Å²) >= 11 is 0. The highest BCUT2D eigenvalue weighted by atomic mass is 16.5. The number of allylic oxidation sites excluding steroid dienone is 8. The van der Waals surface area contributed by atoms with Crippen molar-refractivity contribution < 1.29 is 9.47 Å². The van der Waals surface area contributed by atoms with Crippen molar-refractivity contribution in [3.8, 4) is 0 Å².